The summed E-state index contributed by atoms with van der Waals surface area (Å²) < 4.78 is 13.6. The van der Waals surface area contributed by atoms with Gasteiger partial charge in [0.25, 0.3) is 0 Å². The first kappa shape index (κ1) is 16.1. The Balaban J connectivity index is 2.08. The van der Waals surface area contributed by atoms with Crippen molar-refractivity contribution < 1.29 is 4.39 Å². The second-order valence-corrected chi connectivity index (χ2v) is 6.57. The van der Waals surface area contributed by atoms with Gasteiger partial charge < -0.3 is 5.32 Å². The highest BCUT2D eigenvalue weighted by Gasteiger charge is 2.24. The van der Waals surface area contributed by atoms with E-state index in [-0.39, 0.29) is 11.1 Å². The molecule has 0 bridgehead atoms. The molecule has 0 aliphatic heterocycles. The zero-order chi connectivity index (χ0) is 14.7. The van der Waals surface area contributed by atoms with Crippen LogP contribution in [0.25, 0.3) is 0 Å². The lowest BCUT2D eigenvalue weighted by Gasteiger charge is -2.32. The van der Waals surface area contributed by atoms with Crippen LogP contribution in [-0.4, -0.2) is 6.04 Å². The van der Waals surface area contributed by atoms with Gasteiger partial charge in [0, 0.05) is 22.7 Å². The average molecular weight is 318 g/mol. The molecule has 1 saturated carbocycles. The van der Waals surface area contributed by atoms with E-state index in [1.54, 1.807) is 6.07 Å². The number of hydrogen-bond acceptors (Lipinski definition) is 1. The summed E-state index contributed by atoms with van der Waals surface area (Å²) in [6, 6.07) is 3.33. The van der Waals surface area contributed by atoms with Gasteiger partial charge in [0.15, 0.2) is 0 Å². The summed E-state index contributed by atoms with van der Waals surface area (Å²) in [7, 11) is 0. The highest BCUT2D eigenvalue weighted by Crippen LogP contribution is 2.34. The van der Waals surface area contributed by atoms with Crippen molar-refractivity contribution in [3.63, 3.8) is 0 Å². The zero-order valence-electron chi connectivity index (χ0n) is 12.1. The molecule has 0 spiro atoms. The van der Waals surface area contributed by atoms with Gasteiger partial charge in [-0.15, -0.1) is 0 Å². The van der Waals surface area contributed by atoms with Crippen molar-refractivity contribution in [1.82, 2.24) is 5.32 Å². The summed E-state index contributed by atoms with van der Waals surface area (Å²) in [5, 5.41) is 4.24. The molecule has 20 heavy (non-hydrogen) atoms. The standard InChI is InChI=1S/C16H22Cl2FN/c1-3-11-5-4-6-12(9-11)20-10(2)15-13(17)7-8-14(19)16(15)18/h7-8,10-12,20H,3-6,9H2,1-2H3. The van der Waals surface area contributed by atoms with E-state index in [0.717, 1.165) is 5.92 Å². The van der Waals surface area contributed by atoms with Crippen LogP contribution in [0.5, 0.6) is 0 Å². The zero-order valence-corrected chi connectivity index (χ0v) is 13.6. The molecule has 1 aromatic carbocycles. The van der Waals surface area contributed by atoms with Crippen molar-refractivity contribution in [2.24, 2.45) is 5.92 Å². The molecule has 0 radical (unpaired) electrons. The third-order valence-electron chi connectivity index (χ3n) is 4.36. The van der Waals surface area contributed by atoms with E-state index in [2.05, 4.69) is 12.2 Å². The number of benzene rings is 1. The smallest absolute Gasteiger partial charge is 0.142 e. The topological polar surface area (TPSA) is 12.0 Å². The van der Waals surface area contributed by atoms with Gasteiger partial charge >= 0.3 is 0 Å². The van der Waals surface area contributed by atoms with Crippen LogP contribution in [0, 0.1) is 11.7 Å². The number of halogens is 3. The first-order valence-corrected chi connectivity index (χ1v) is 8.18. The van der Waals surface area contributed by atoms with Gasteiger partial charge in [-0.05, 0) is 37.8 Å². The molecule has 4 heteroatoms. The number of rotatable bonds is 4. The molecule has 1 fully saturated rings. The molecule has 3 atom stereocenters. The molecule has 1 nitrogen and oxygen atoms in total. The predicted octanol–water partition coefficient (Wildman–Crippen LogP) is 5.75. The predicted molar refractivity (Wildman–Crippen MR) is 84.0 cm³/mol. The fourth-order valence-electron chi connectivity index (χ4n) is 3.19. The molecule has 3 unspecified atom stereocenters. The minimum absolute atomic E-state index is 0.0358. The Hall–Kier alpha value is -0.310. The van der Waals surface area contributed by atoms with Gasteiger partial charge in [-0.3, -0.25) is 0 Å². The Morgan fingerprint density at radius 3 is 2.80 bits per heavy atom. The van der Waals surface area contributed by atoms with E-state index < -0.39 is 5.82 Å². The maximum atomic E-state index is 13.6. The number of hydrogen-bond donors (Lipinski definition) is 1. The van der Waals surface area contributed by atoms with Crippen molar-refractivity contribution in [3.8, 4) is 0 Å². The van der Waals surface area contributed by atoms with Crippen molar-refractivity contribution in [2.75, 3.05) is 0 Å². The normalized spacial score (nSPS) is 24.6. The average Bonchev–Trinajstić information content (AvgIpc) is 2.43. The quantitative estimate of drug-likeness (QED) is 0.697. The lowest BCUT2D eigenvalue weighted by atomic mass is 9.84. The lowest BCUT2D eigenvalue weighted by Crippen LogP contribution is -2.36. The van der Waals surface area contributed by atoms with Crippen molar-refractivity contribution in [1.29, 1.82) is 0 Å². The molecule has 1 aliphatic rings. The Labute approximate surface area is 130 Å². The van der Waals surface area contributed by atoms with Crippen LogP contribution in [0.3, 0.4) is 0 Å². The van der Waals surface area contributed by atoms with Crippen LogP contribution in [0.2, 0.25) is 10.0 Å². The summed E-state index contributed by atoms with van der Waals surface area (Å²) in [5.74, 6) is 0.390. The molecular formula is C16H22Cl2FN. The highest BCUT2D eigenvalue weighted by molar-refractivity contribution is 6.36. The first-order valence-electron chi connectivity index (χ1n) is 7.42. The van der Waals surface area contributed by atoms with E-state index in [4.69, 9.17) is 23.2 Å². The maximum absolute atomic E-state index is 13.6. The van der Waals surface area contributed by atoms with E-state index in [1.807, 2.05) is 6.92 Å². The molecule has 1 aliphatic carbocycles. The second kappa shape index (κ2) is 7.11. The van der Waals surface area contributed by atoms with Crippen molar-refractivity contribution >= 4 is 23.2 Å². The minimum atomic E-state index is -0.408. The fourth-order valence-corrected chi connectivity index (χ4v) is 3.89. The summed E-state index contributed by atoms with van der Waals surface area (Å²) >= 11 is 12.2. The van der Waals surface area contributed by atoms with E-state index in [9.17, 15) is 4.39 Å². The number of nitrogens with one attached hydrogen (secondary N) is 1. The molecule has 1 aromatic rings. The van der Waals surface area contributed by atoms with Crippen molar-refractivity contribution in [3.05, 3.63) is 33.6 Å². The summed E-state index contributed by atoms with van der Waals surface area (Å²) in [5.41, 5.74) is 0.673. The van der Waals surface area contributed by atoms with E-state index in [0.29, 0.717) is 16.6 Å². The van der Waals surface area contributed by atoms with Crippen LogP contribution in [0.1, 0.15) is 57.6 Å². The van der Waals surface area contributed by atoms with Gasteiger partial charge in [0.2, 0.25) is 0 Å². The summed E-state index contributed by atoms with van der Waals surface area (Å²) in [4.78, 5) is 0. The SMILES string of the molecule is CCC1CCCC(NC(C)c2c(Cl)ccc(F)c2Cl)C1. The molecule has 112 valence electrons. The molecule has 2 rings (SSSR count). The maximum Gasteiger partial charge on any atom is 0.142 e. The van der Waals surface area contributed by atoms with Gasteiger partial charge in [0.1, 0.15) is 5.82 Å². The van der Waals surface area contributed by atoms with E-state index >= 15 is 0 Å². The van der Waals surface area contributed by atoms with E-state index in [1.165, 1.54) is 38.2 Å². The Morgan fingerprint density at radius 2 is 2.10 bits per heavy atom. The third kappa shape index (κ3) is 3.66. The second-order valence-electron chi connectivity index (χ2n) is 5.78. The molecule has 1 N–H and O–H groups in total. The van der Waals surface area contributed by atoms with Gasteiger partial charge in [0.05, 0.1) is 5.02 Å². The Morgan fingerprint density at radius 1 is 1.35 bits per heavy atom. The third-order valence-corrected chi connectivity index (χ3v) is 5.07. The Bertz CT molecular complexity index is 464. The van der Waals surface area contributed by atoms with Crippen molar-refractivity contribution in [2.45, 2.75) is 58.0 Å². The molecular weight excluding hydrogens is 296 g/mol. The molecule has 0 amide bonds. The van der Waals surface area contributed by atoms with Crippen LogP contribution in [0.15, 0.2) is 12.1 Å². The van der Waals surface area contributed by atoms with Crippen LogP contribution >= 0.6 is 23.2 Å². The van der Waals surface area contributed by atoms with Crippen LogP contribution in [-0.2, 0) is 0 Å². The minimum Gasteiger partial charge on any atom is -0.307 e. The van der Waals surface area contributed by atoms with Gasteiger partial charge in [-0.25, -0.2) is 4.39 Å². The Kier molecular flexibility index (Phi) is 5.71. The molecule has 0 aromatic heterocycles. The lowest BCUT2D eigenvalue weighted by molar-refractivity contribution is 0.266. The van der Waals surface area contributed by atoms with Crippen LogP contribution < -0.4 is 5.32 Å². The molecule has 0 heterocycles. The summed E-state index contributed by atoms with van der Waals surface area (Å²) in [6.07, 6.45) is 6.17. The largest absolute Gasteiger partial charge is 0.307 e. The first-order chi connectivity index (χ1) is 9.52. The highest BCUT2D eigenvalue weighted by atomic mass is 35.5. The molecule has 0 saturated heterocycles. The van der Waals surface area contributed by atoms with Gasteiger partial charge in [-0.2, -0.15) is 0 Å². The van der Waals surface area contributed by atoms with Crippen LogP contribution in [0.4, 0.5) is 4.39 Å². The monoisotopic (exact) mass is 317 g/mol. The fraction of sp³-hybridized carbons (Fsp3) is 0.625. The summed E-state index contributed by atoms with van der Waals surface area (Å²) in [6.45, 7) is 4.25. The van der Waals surface area contributed by atoms with Gasteiger partial charge in [-0.1, -0.05) is 49.4 Å².